The van der Waals surface area contributed by atoms with E-state index >= 15 is 0 Å². The van der Waals surface area contributed by atoms with Gasteiger partial charge in [-0.15, -0.1) is 0 Å². The lowest BCUT2D eigenvalue weighted by Crippen LogP contribution is -2.26. The molecular formula is C24H25NO3S. The third-order valence-corrected chi connectivity index (χ3v) is 6.59. The van der Waals surface area contributed by atoms with Crippen LogP contribution in [0.3, 0.4) is 0 Å². The van der Waals surface area contributed by atoms with E-state index in [4.69, 9.17) is 0 Å². The summed E-state index contributed by atoms with van der Waals surface area (Å²) < 4.78 is 25.2. The topological polar surface area (TPSA) is 63.2 Å². The van der Waals surface area contributed by atoms with Crippen LogP contribution in [0.5, 0.6) is 0 Å². The molecule has 150 valence electrons. The molecular weight excluding hydrogens is 382 g/mol. The third-order valence-electron chi connectivity index (χ3n) is 4.88. The van der Waals surface area contributed by atoms with E-state index in [1.165, 1.54) is 5.56 Å². The summed E-state index contributed by atoms with van der Waals surface area (Å²) in [6.07, 6.45) is 0.972. The molecule has 0 saturated carbocycles. The molecule has 5 heteroatoms. The number of nitrogens with one attached hydrogen (secondary N) is 1. The van der Waals surface area contributed by atoms with Crippen molar-refractivity contribution in [3.8, 4) is 0 Å². The fourth-order valence-electron chi connectivity index (χ4n) is 3.14. The highest BCUT2D eigenvalue weighted by molar-refractivity contribution is 7.90. The number of hydrogen-bond donors (Lipinski definition) is 1. The van der Waals surface area contributed by atoms with Gasteiger partial charge in [0.15, 0.2) is 9.84 Å². The molecule has 1 N–H and O–H groups in total. The summed E-state index contributed by atoms with van der Waals surface area (Å²) >= 11 is 0. The van der Waals surface area contributed by atoms with Crippen molar-refractivity contribution in [1.29, 1.82) is 0 Å². The molecule has 0 saturated heterocycles. The summed E-state index contributed by atoms with van der Waals surface area (Å²) in [6.45, 7) is 4.04. The zero-order valence-corrected chi connectivity index (χ0v) is 17.4. The zero-order chi connectivity index (χ0) is 20.9. The van der Waals surface area contributed by atoms with E-state index in [1.807, 2.05) is 19.1 Å². The summed E-state index contributed by atoms with van der Waals surface area (Å²) in [7, 11) is -3.46. The molecule has 1 amide bonds. The molecule has 3 rings (SSSR count). The molecule has 0 bridgehead atoms. The predicted octanol–water partition coefficient (Wildman–Crippen LogP) is 4.71. The van der Waals surface area contributed by atoms with Gasteiger partial charge in [0, 0.05) is 5.56 Å². The van der Waals surface area contributed by atoms with Gasteiger partial charge in [-0.1, -0.05) is 61.5 Å². The van der Waals surface area contributed by atoms with Gasteiger partial charge < -0.3 is 5.32 Å². The molecule has 0 radical (unpaired) electrons. The fourth-order valence-corrected chi connectivity index (χ4v) is 4.50. The molecule has 0 aliphatic rings. The van der Waals surface area contributed by atoms with Gasteiger partial charge >= 0.3 is 0 Å². The minimum absolute atomic E-state index is 0.147. The van der Waals surface area contributed by atoms with E-state index in [2.05, 4.69) is 24.4 Å². The van der Waals surface area contributed by atoms with E-state index < -0.39 is 9.84 Å². The number of carbonyl (C=O) groups excluding carboxylic acids is 1. The molecule has 0 aliphatic carbocycles. The Bertz CT molecular complexity index is 1070. The first-order valence-electron chi connectivity index (χ1n) is 9.65. The average molecular weight is 408 g/mol. The maximum Gasteiger partial charge on any atom is 0.251 e. The third kappa shape index (κ3) is 5.33. The van der Waals surface area contributed by atoms with Crippen molar-refractivity contribution in [2.75, 3.05) is 0 Å². The van der Waals surface area contributed by atoms with Gasteiger partial charge in [-0.25, -0.2) is 8.42 Å². The second-order valence-corrected chi connectivity index (χ2v) is 9.05. The Labute approximate surface area is 172 Å². The van der Waals surface area contributed by atoms with Gasteiger partial charge in [0.05, 0.1) is 16.7 Å². The number of carbonyl (C=O) groups is 1. The fraction of sp³-hybridized carbons (Fsp3) is 0.208. The zero-order valence-electron chi connectivity index (χ0n) is 16.6. The molecule has 1 atom stereocenters. The maximum absolute atomic E-state index is 12.7. The largest absolute Gasteiger partial charge is 0.346 e. The van der Waals surface area contributed by atoms with Crippen LogP contribution in [0.1, 0.15) is 46.9 Å². The van der Waals surface area contributed by atoms with Crippen LogP contribution in [0.2, 0.25) is 0 Å². The van der Waals surface area contributed by atoms with Crippen molar-refractivity contribution in [3.63, 3.8) is 0 Å². The van der Waals surface area contributed by atoms with Gasteiger partial charge in [-0.2, -0.15) is 0 Å². The molecule has 4 nitrogen and oxygen atoms in total. The minimum Gasteiger partial charge on any atom is -0.346 e. The van der Waals surface area contributed by atoms with Crippen molar-refractivity contribution >= 4 is 15.7 Å². The highest BCUT2D eigenvalue weighted by Gasteiger charge is 2.17. The number of hydrogen-bond acceptors (Lipinski definition) is 3. The first-order valence-corrected chi connectivity index (χ1v) is 11.3. The lowest BCUT2D eigenvalue weighted by Gasteiger charge is -2.15. The molecule has 3 aromatic carbocycles. The highest BCUT2D eigenvalue weighted by Crippen LogP contribution is 2.18. The maximum atomic E-state index is 12.7. The quantitative estimate of drug-likeness (QED) is 0.617. The molecule has 3 aromatic rings. The smallest absolute Gasteiger partial charge is 0.251 e. The summed E-state index contributed by atoms with van der Waals surface area (Å²) in [5.74, 6) is -0.373. The van der Waals surface area contributed by atoms with E-state index in [-0.39, 0.29) is 22.6 Å². The molecule has 0 unspecified atom stereocenters. The van der Waals surface area contributed by atoms with E-state index in [9.17, 15) is 13.2 Å². The molecule has 0 heterocycles. The van der Waals surface area contributed by atoms with Crippen molar-refractivity contribution in [1.82, 2.24) is 5.32 Å². The summed E-state index contributed by atoms with van der Waals surface area (Å²) in [5.41, 5.74) is 3.31. The SMILES string of the molecule is CCc1ccc([C@@H](C)NC(=O)c2cccc(CS(=O)(=O)c3ccccc3)c2)cc1. The van der Waals surface area contributed by atoms with Crippen molar-refractivity contribution in [3.05, 3.63) is 101 Å². The van der Waals surface area contributed by atoms with E-state index in [0.717, 1.165) is 12.0 Å². The van der Waals surface area contributed by atoms with Gasteiger partial charge in [0.1, 0.15) is 0 Å². The first-order chi connectivity index (χ1) is 13.9. The number of benzene rings is 3. The van der Waals surface area contributed by atoms with Crippen LogP contribution >= 0.6 is 0 Å². The normalized spacial score (nSPS) is 12.3. The number of aryl methyl sites for hydroxylation is 1. The number of amides is 1. The minimum atomic E-state index is -3.46. The van der Waals surface area contributed by atoms with Crippen LogP contribution in [-0.2, 0) is 22.0 Å². The molecule has 29 heavy (non-hydrogen) atoms. The predicted molar refractivity (Wildman–Crippen MR) is 115 cm³/mol. The van der Waals surface area contributed by atoms with Gasteiger partial charge in [-0.05, 0) is 54.3 Å². The van der Waals surface area contributed by atoms with Crippen LogP contribution in [0, 0.1) is 0 Å². The summed E-state index contributed by atoms with van der Waals surface area (Å²) in [6, 6.07) is 23.1. The summed E-state index contributed by atoms with van der Waals surface area (Å²) in [4.78, 5) is 13.0. The van der Waals surface area contributed by atoms with Crippen LogP contribution in [0.4, 0.5) is 0 Å². The Morgan fingerprint density at radius 3 is 2.24 bits per heavy atom. The Kier molecular flexibility index (Phi) is 6.49. The van der Waals surface area contributed by atoms with Crippen molar-refractivity contribution in [2.24, 2.45) is 0 Å². The lowest BCUT2D eigenvalue weighted by molar-refractivity contribution is 0.0939. The second kappa shape index (κ2) is 9.05. The summed E-state index contributed by atoms with van der Waals surface area (Å²) in [5, 5.41) is 2.98. The van der Waals surface area contributed by atoms with Crippen LogP contribution < -0.4 is 5.32 Å². The van der Waals surface area contributed by atoms with Gasteiger partial charge in [0.25, 0.3) is 5.91 Å². The second-order valence-electron chi connectivity index (χ2n) is 7.06. The highest BCUT2D eigenvalue weighted by atomic mass is 32.2. The Morgan fingerprint density at radius 1 is 0.897 bits per heavy atom. The van der Waals surface area contributed by atoms with Crippen molar-refractivity contribution in [2.45, 2.75) is 37.0 Å². The van der Waals surface area contributed by atoms with Crippen molar-refractivity contribution < 1.29 is 13.2 Å². The number of rotatable bonds is 7. The Balaban J connectivity index is 1.72. The first kappa shape index (κ1) is 20.8. The lowest BCUT2D eigenvalue weighted by atomic mass is 10.0. The average Bonchev–Trinajstić information content (AvgIpc) is 2.74. The molecule has 0 aliphatic heterocycles. The molecule has 0 spiro atoms. The van der Waals surface area contributed by atoms with E-state index in [0.29, 0.717) is 11.1 Å². The molecule has 0 fully saturated rings. The van der Waals surface area contributed by atoms with Crippen LogP contribution in [-0.4, -0.2) is 14.3 Å². The van der Waals surface area contributed by atoms with Gasteiger partial charge in [-0.3, -0.25) is 4.79 Å². The van der Waals surface area contributed by atoms with Gasteiger partial charge in [0.2, 0.25) is 0 Å². The van der Waals surface area contributed by atoms with E-state index in [1.54, 1.807) is 54.6 Å². The molecule has 0 aromatic heterocycles. The monoisotopic (exact) mass is 407 g/mol. The van der Waals surface area contributed by atoms with Crippen LogP contribution in [0.15, 0.2) is 83.8 Å². The Morgan fingerprint density at radius 2 is 1.59 bits per heavy atom. The number of sulfone groups is 1. The van der Waals surface area contributed by atoms with Crippen LogP contribution in [0.25, 0.3) is 0 Å². The standard InChI is InChI=1S/C24H25NO3S/c1-3-19-12-14-21(15-13-19)18(2)25-24(26)22-9-7-8-20(16-22)17-29(27,28)23-10-5-4-6-11-23/h4-16,18H,3,17H2,1-2H3,(H,25,26)/t18-/m1/s1. The Hall–Kier alpha value is -2.92.